The van der Waals surface area contributed by atoms with E-state index in [9.17, 15) is 4.79 Å². The summed E-state index contributed by atoms with van der Waals surface area (Å²) in [7, 11) is 0. The van der Waals surface area contributed by atoms with Crippen molar-refractivity contribution >= 4 is 11.6 Å². The predicted molar refractivity (Wildman–Crippen MR) is 92.0 cm³/mol. The van der Waals surface area contributed by atoms with Crippen LogP contribution in [0.3, 0.4) is 0 Å². The number of ether oxygens (including phenoxy) is 1. The van der Waals surface area contributed by atoms with Gasteiger partial charge in [-0.15, -0.1) is 0 Å². The second kappa shape index (κ2) is 5.89. The molecule has 0 atom stereocenters. The number of anilines is 1. The van der Waals surface area contributed by atoms with Crippen molar-refractivity contribution in [2.75, 3.05) is 11.5 Å². The maximum Gasteiger partial charge on any atom is 0.265 e. The molecule has 3 aromatic rings. The van der Waals surface area contributed by atoms with Crippen molar-refractivity contribution < 1.29 is 13.9 Å². The predicted octanol–water partition coefficient (Wildman–Crippen LogP) is 4.18. The first-order valence-corrected chi connectivity index (χ1v) is 7.88. The molecular weight excluding hydrogens is 302 g/mol. The van der Waals surface area contributed by atoms with Crippen molar-refractivity contribution in [1.29, 1.82) is 0 Å². The van der Waals surface area contributed by atoms with Crippen LogP contribution in [0.1, 0.15) is 11.3 Å². The van der Waals surface area contributed by atoms with Crippen LogP contribution < -0.4 is 9.64 Å². The van der Waals surface area contributed by atoms with E-state index in [1.807, 2.05) is 42.5 Å². The standard InChI is InChI=1S/C20H17NO3/c1-14-5-2-3-7-17(14)15-8-9-19-18(11-15)21(20(22)13-24-19)12-16-6-4-10-23-16/h2-11H,12-13H2,1H3. The lowest BCUT2D eigenvalue weighted by atomic mass is 9.99. The van der Waals surface area contributed by atoms with Gasteiger partial charge in [0.2, 0.25) is 0 Å². The second-order valence-corrected chi connectivity index (χ2v) is 5.85. The summed E-state index contributed by atoms with van der Waals surface area (Å²) in [5, 5.41) is 0. The van der Waals surface area contributed by atoms with E-state index < -0.39 is 0 Å². The van der Waals surface area contributed by atoms with Crippen LogP contribution in [0.15, 0.2) is 65.3 Å². The van der Waals surface area contributed by atoms with Gasteiger partial charge in [0, 0.05) is 0 Å². The van der Waals surface area contributed by atoms with Gasteiger partial charge in [0.15, 0.2) is 6.61 Å². The van der Waals surface area contributed by atoms with Crippen LogP contribution in [0.2, 0.25) is 0 Å². The topological polar surface area (TPSA) is 42.7 Å². The summed E-state index contributed by atoms with van der Waals surface area (Å²) in [6.07, 6.45) is 1.62. The van der Waals surface area contributed by atoms with Crippen LogP contribution in [-0.2, 0) is 11.3 Å². The first-order valence-electron chi connectivity index (χ1n) is 7.88. The van der Waals surface area contributed by atoms with Crippen molar-refractivity contribution in [2.24, 2.45) is 0 Å². The molecule has 1 aliphatic rings. The van der Waals surface area contributed by atoms with Crippen molar-refractivity contribution in [2.45, 2.75) is 13.5 Å². The third-order valence-electron chi connectivity index (χ3n) is 4.25. The Hall–Kier alpha value is -3.01. The molecule has 4 rings (SSSR count). The van der Waals surface area contributed by atoms with Crippen LogP contribution in [0.5, 0.6) is 5.75 Å². The number of carbonyl (C=O) groups excluding carboxylic acids is 1. The number of furan rings is 1. The molecule has 4 heteroatoms. The van der Waals surface area contributed by atoms with Gasteiger partial charge in [-0.1, -0.05) is 30.3 Å². The first-order chi connectivity index (χ1) is 11.7. The molecule has 2 aromatic carbocycles. The zero-order valence-electron chi connectivity index (χ0n) is 13.4. The maximum absolute atomic E-state index is 12.4. The van der Waals surface area contributed by atoms with Crippen LogP contribution in [-0.4, -0.2) is 12.5 Å². The summed E-state index contributed by atoms with van der Waals surface area (Å²) in [4.78, 5) is 14.1. The number of benzene rings is 2. The second-order valence-electron chi connectivity index (χ2n) is 5.85. The van der Waals surface area contributed by atoms with E-state index in [0.29, 0.717) is 6.54 Å². The molecule has 4 nitrogen and oxygen atoms in total. The van der Waals surface area contributed by atoms with Gasteiger partial charge < -0.3 is 9.15 Å². The van der Waals surface area contributed by atoms with E-state index in [1.54, 1.807) is 11.2 Å². The molecule has 0 saturated carbocycles. The molecule has 0 fully saturated rings. The summed E-state index contributed by atoms with van der Waals surface area (Å²) < 4.78 is 11.0. The highest BCUT2D eigenvalue weighted by molar-refractivity contribution is 5.98. The highest BCUT2D eigenvalue weighted by Gasteiger charge is 2.26. The number of rotatable bonds is 3. The van der Waals surface area contributed by atoms with Gasteiger partial charge in [-0.25, -0.2) is 0 Å². The Labute approximate surface area is 140 Å². The van der Waals surface area contributed by atoms with Gasteiger partial charge in [-0.3, -0.25) is 9.69 Å². The molecule has 0 spiro atoms. The van der Waals surface area contributed by atoms with E-state index >= 15 is 0 Å². The first kappa shape index (κ1) is 14.6. The van der Waals surface area contributed by atoms with Crippen molar-refractivity contribution in [3.63, 3.8) is 0 Å². The number of hydrogen-bond acceptors (Lipinski definition) is 3. The van der Waals surface area contributed by atoms with Gasteiger partial charge in [-0.2, -0.15) is 0 Å². The Bertz CT molecular complexity index is 884. The Morgan fingerprint density at radius 2 is 1.96 bits per heavy atom. The molecule has 0 N–H and O–H groups in total. The van der Waals surface area contributed by atoms with E-state index in [-0.39, 0.29) is 12.5 Å². The number of carbonyl (C=O) groups is 1. The molecule has 0 radical (unpaired) electrons. The molecule has 0 unspecified atom stereocenters. The van der Waals surface area contributed by atoms with Crippen LogP contribution in [0, 0.1) is 6.92 Å². The average Bonchev–Trinajstić information content (AvgIpc) is 3.11. The van der Waals surface area contributed by atoms with E-state index in [0.717, 1.165) is 28.3 Å². The number of nitrogens with zero attached hydrogens (tertiary/aromatic N) is 1. The normalized spacial score (nSPS) is 13.5. The lowest BCUT2D eigenvalue weighted by Gasteiger charge is -2.29. The third kappa shape index (κ3) is 2.56. The molecular formula is C20H17NO3. The molecule has 0 aliphatic carbocycles. The fourth-order valence-corrected chi connectivity index (χ4v) is 3.00. The zero-order valence-corrected chi connectivity index (χ0v) is 13.4. The smallest absolute Gasteiger partial charge is 0.265 e. The van der Waals surface area contributed by atoms with E-state index in [1.165, 1.54) is 5.56 Å². The number of aryl methyl sites for hydroxylation is 1. The molecule has 0 bridgehead atoms. The highest BCUT2D eigenvalue weighted by atomic mass is 16.5. The lowest BCUT2D eigenvalue weighted by molar-refractivity contribution is -0.121. The molecule has 24 heavy (non-hydrogen) atoms. The molecule has 1 aliphatic heterocycles. The van der Waals surface area contributed by atoms with Crippen molar-refractivity contribution in [3.8, 4) is 16.9 Å². The third-order valence-corrected chi connectivity index (χ3v) is 4.25. The maximum atomic E-state index is 12.4. The lowest BCUT2D eigenvalue weighted by Crippen LogP contribution is -2.38. The quantitative estimate of drug-likeness (QED) is 0.727. The van der Waals surface area contributed by atoms with Gasteiger partial charge >= 0.3 is 0 Å². The van der Waals surface area contributed by atoms with Crippen LogP contribution >= 0.6 is 0 Å². The minimum absolute atomic E-state index is 0.0530. The number of hydrogen-bond donors (Lipinski definition) is 0. The van der Waals surface area contributed by atoms with Crippen LogP contribution in [0.4, 0.5) is 5.69 Å². The summed E-state index contributed by atoms with van der Waals surface area (Å²) in [5.41, 5.74) is 4.19. The Morgan fingerprint density at radius 3 is 2.75 bits per heavy atom. The fraction of sp³-hybridized carbons (Fsp3) is 0.150. The number of fused-ring (bicyclic) bond motifs is 1. The summed E-state index contributed by atoms with van der Waals surface area (Å²) >= 11 is 0. The average molecular weight is 319 g/mol. The van der Waals surface area contributed by atoms with Crippen molar-refractivity contribution in [1.82, 2.24) is 0 Å². The van der Waals surface area contributed by atoms with Crippen molar-refractivity contribution in [3.05, 3.63) is 72.2 Å². The van der Waals surface area contributed by atoms with Gasteiger partial charge in [0.1, 0.15) is 11.5 Å². The summed E-state index contributed by atoms with van der Waals surface area (Å²) in [6, 6.07) is 17.9. The molecule has 2 heterocycles. The summed E-state index contributed by atoms with van der Waals surface area (Å²) in [5.74, 6) is 1.40. The Morgan fingerprint density at radius 1 is 1.08 bits per heavy atom. The SMILES string of the molecule is Cc1ccccc1-c1ccc2c(c1)N(Cc1ccco1)C(=O)CO2. The van der Waals surface area contributed by atoms with E-state index in [4.69, 9.17) is 9.15 Å². The molecule has 1 aromatic heterocycles. The number of amides is 1. The minimum atomic E-state index is -0.0687. The largest absolute Gasteiger partial charge is 0.482 e. The monoisotopic (exact) mass is 319 g/mol. The summed E-state index contributed by atoms with van der Waals surface area (Å²) in [6.45, 7) is 2.54. The van der Waals surface area contributed by atoms with Crippen LogP contribution in [0.25, 0.3) is 11.1 Å². The Balaban J connectivity index is 1.77. The molecule has 0 saturated heterocycles. The molecule has 1 amide bonds. The van der Waals surface area contributed by atoms with Gasteiger partial charge in [0.05, 0.1) is 18.5 Å². The minimum Gasteiger partial charge on any atom is -0.482 e. The molecule has 120 valence electrons. The fourth-order valence-electron chi connectivity index (χ4n) is 3.00. The van der Waals surface area contributed by atoms with Gasteiger partial charge in [0.25, 0.3) is 5.91 Å². The zero-order chi connectivity index (χ0) is 16.5. The van der Waals surface area contributed by atoms with Gasteiger partial charge in [-0.05, 0) is 47.9 Å². The highest BCUT2D eigenvalue weighted by Crippen LogP contribution is 2.37. The van der Waals surface area contributed by atoms with E-state index in [2.05, 4.69) is 19.1 Å². The Kier molecular flexibility index (Phi) is 3.58.